The lowest BCUT2D eigenvalue weighted by Gasteiger charge is -2.17. The lowest BCUT2D eigenvalue weighted by molar-refractivity contribution is 0.0978. The van der Waals surface area contributed by atoms with E-state index in [0.29, 0.717) is 47.0 Å². The van der Waals surface area contributed by atoms with Crippen LogP contribution < -0.4 is 21.5 Å². The van der Waals surface area contributed by atoms with Gasteiger partial charge < -0.3 is 16.0 Å². The largest absolute Gasteiger partial charge is 0.353 e. The van der Waals surface area contributed by atoms with Crippen LogP contribution in [0.2, 0.25) is 0 Å². The number of pyridine rings is 1. The third-order valence-corrected chi connectivity index (χ3v) is 7.25. The molecule has 0 saturated heterocycles. The number of hydrogen-bond donors (Lipinski definition) is 3. The second-order valence-corrected chi connectivity index (χ2v) is 10.8. The van der Waals surface area contributed by atoms with Gasteiger partial charge in [0.15, 0.2) is 10.8 Å². The highest BCUT2D eigenvalue weighted by molar-refractivity contribution is 8.16. The maximum absolute atomic E-state index is 15.0. The number of anilines is 1. The van der Waals surface area contributed by atoms with E-state index in [2.05, 4.69) is 25.9 Å². The van der Waals surface area contributed by atoms with Gasteiger partial charge in [-0.05, 0) is 48.2 Å². The van der Waals surface area contributed by atoms with E-state index in [4.69, 9.17) is 4.98 Å². The predicted molar refractivity (Wildman–Crippen MR) is 175 cm³/mol. The molecule has 1 aliphatic heterocycles. The Kier molecular flexibility index (Phi) is 11.0. The number of thioether (sulfide) groups is 1. The number of carbonyl (C=O) groups excluding carboxylic acids is 1. The van der Waals surface area contributed by atoms with E-state index >= 15 is 0 Å². The topological polar surface area (TPSA) is 113 Å². The average molecular weight is 620 g/mol. The molecule has 0 aliphatic carbocycles. The quantitative estimate of drug-likeness (QED) is 0.213. The molecule has 0 spiro atoms. The number of aromatic nitrogens is 3. The molecule has 0 fully saturated rings. The SMILES string of the molecule is CC.Cc1ccc(C(=O)NC2=NCC=CS2)cc1-c1nc(NCCNC(C)C)nc2c1ccc(=O)n2-c1c(F)cccc1F. The summed E-state index contributed by atoms with van der Waals surface area (Å²) in [6.07, 6.45) is 1.89. The number of rotatable bonds is 8. The monoisotopic (exact) mass is 619 g/mol. The lowest BCUT2D eigenvalue weighted by Crippen LogP contribution is -2.29. The summed E-state index contributed by atoms with van der Waals surface area (Å²) in [6.45, 7) is 11.4. The summed E-state index contributed by atoms with van der Waals surface area (Å²) in [4.78, 5) is 39.8. The minimum atomic E-state index is -0.909. The number of aryl methyl sites for hydroxylation is 1. The maximum atomic E-state index is 15.0. The van der Waals surface area contributed by atoms with Crippen LogP contribution in [0.25, 0.3) is 28.0 Å². The Hall–Kier alpha value is -4.42. The van der Waals surface area contributed by atoms with E-state index in [9.17, 15) is 18.4 Å². The molecule has 4 aromatic rings. The first-order valence-electron chi connectivity index (χ1n) is 14.4. The molecule has 1 aliphatic rings. The lowest BCUT2D eigenvalue weighted by atomic mass is 9.99. The maximum Gasteiger partial charge on any atom is 0.257 e. The molecule has 9 nitrogen and oxygen atoms in total. The zero-order valence-electron chi connectivity index (χ0n) is 25.2. The normalized spacial score (nSPS) is 12.5. The number of amidine groups is 1. The molecule has 44 heavy (non-hydrogen) atoms. The Labute approximate surface area is 258 Å². The Morgan fingerprint density at radius 1 is 1.05 bits per heavy atom. The van der Waals surface area contributed by atoms with Crippen LogP contribution >= 0.6 is 11.8 Å². The molecule has 0 radical (unpaired) electrons. The number of fused-ring (bicyclic) bond motifs is 1. The molecule has 12 heteroatoms. The fraction of sp³-hybridized carbons (Fsp3) is 0.281. The van der Waals surface area contributed by atoms with Gasteiger partial charge in [-0.2, -0.15) is 4.98 Å². The van der Waals surface area contributed by atoms with Crippen LogP contribution in [0.15, 0.2) is 69.8 Å². The minimum absolute atomic E-state index is 0.0184. The van der Waals surface area contributed by atoms with Gasteiger partial charge in [-0.25, -0.2) is 13.8 Å². The number of para-hydroxylation sites is 1. The fourth-order valence-electron chi connectivity index (χ4n) is 4.44. The number of nitrogens with zero attached hydrogens (tertiary/aromatic N) is 4. The molecular weight excluding hydrogens is 584 g/mol. The third-order valence-electron chi connectivity index (χ3n) is 6.46. The number of benzene rings is 2. The predicted octanol–water partition coefficient (Wildman–Crippen LogP) is 5.82. The summed E-state index contributed by atoms with van der Waals surface area (Å²) < 4.78 is 30.8. The summed E-state index contributed by atoms with van der Waals surface area (Å²) in [6, 6.07) is 11.6. The highest BCUT2D eigenvalue weighted by atomic mass is 32.2. The smallest absolute Gasteiger partial charge is 0.257 e. The summed E-state index contributed by atoms with van der Waals surface area (Å²) in [5, 5.41) is 12.0. The number of nitrogens with one attached hydrogen (secondary N) is 3. The Balaban J connectivity index is 0.00000216. The van der Waals surface area contributed by atoms with Crippen molar-refractivity contribution < 1.29 is 13.6 Å². The van der Waals surface area contributed by atoms with Gasteiger partial charge >= 0.3 is 0 Å². The first-order chi connectivity index (χ1) is 21.2. The molecule has 0 saturated carbocycles. The second kappa shape index (κ2) is 14.8. The van der Waals surface area contributed by atoms with Crippen molar-refractivity contribution in [3.8, 4) is 16.9 Å². The van der Waals surface area contributed by atoms with Gasteiger partial charge in [-0.1, -0.05) is 57.7 Å². The summed E-state index contributed by atoms with van der Waals surface area (Å²) in [7, 11) is 0. The zero-order chi connectivity index (χ0) is 31.8. The molecule has 1 amide bonds. The number of carbonyl (C=O) groups is 1. The van der Waals surface area contributed by atoms with Gasteiger partial charge in [0.05, 0.1) is 12.2 Å². The summed E-state index contributed by atoms with van der Waals surface area (Å²) in [5.74, 6) is -2.00. The van der Waals surface area contributed by atoms with Crippen LogP contribution in [0.1, 0.15) is 43.6 Å². The van der Waals surface area contributed by atoms with Crippen LogP contribution in [0.4, 0.5) is 14.7 Å². The van der Waals surface area contributed by atoms with Crippen LogP contribution in [0, 0.1) is 18.6 Å². The van der Waals surface area contributed by atoms with Crippen LogP contribution in [-0.4, -0.2) is 51.3 Å². The van der Waals surface area contributed by atoms with Crippen molar-refractivity contribution in [2.24, 2.45) is 4.99 Å². The van der Waals surface area contributed by atoms with Crippen LogP contribution in [0.5, 0.6) is 0 Å². The molecule has 5 rings (SSSR count). The second-order valence-electron chi connectivity index (χ2n) is 9.87. The van der Waals surface area contributed by atoms with Crippen molar-refractivity contribution in [1.82, 2.24) is 25.2 Å². The van der Waals surface area contributed by atoms with Gasteiger partial charge in [0.1, 0.15) is 17.3 Å². The fourth-order valence-corrected chi connectivity index (χ4v) is 5.05. The van der Waals surface area contributed by atoms with E-state index in [1.54, 1.807) is 18.2 Å². The number of halogens is 2. The molecule has 0 bridgehead atoms. The Morgan fingerprint density at radius 3 is 2.48 bits per heavy atom. The minimum Gasteiger partial charge on any atom is -0.353 e. The summed E-state index contributed by atoms with van der Waals surface area (Å²) >= 11 is 1.32. The first kappa shape index (κ1) is 32.5. The Bertz CT molecular complexity index is 1770. The molecule has 2 aromatic heterocycles. The molecule has 0 atom stereocenters. The number of hydrogen-bond acceptors (Lipinski definition) is 8. The van der Waals surface area contributed by atoms with Gasteiger partial charge in [-0.15, -0.1) is 0 Å². The van der Waals surface area contributed by atoms with Crippen molar-refractivity contribution in [1.29, 1.82) is 0 Å². The van der Waals surface area contributed by atoms with Crippen molar-refractivity contribution in [2.75, 3.05) is 25.0 Å². The van der Waals surface area contributed by atoms with Crippen LogP contribution in [-0.2, 0) is 0 Å². The van der Waals surface area contributed by atoms with Crippen molar-refractivity contribution in [2.45, 2.75) is 40.7 Å². The third kappa shape index (κ3) is 7.37. The van der Waals surface area contributed by atoms with Crippen molar-refractivity contribution in [3.63, 3.8) is 0 Å². The van der Waals surface area contributed by atoms with Gasteiger partial charge in [0.25, 0.3) is 11.5 Å². The van der Waals surface area contributed by atoms with Gasteiger partial charge in [-0.3, -0.25) is 19.1 Å². The van der Waals surface area contributed by atoms with E-state index in [0.717, 1.165) is 22.3 Å². The number of aliphatic imine (C=N–C) groups is 1. The highest BCUT2D eigenvalue weighted by Crippen LogP contribution is 2.31. The van der Waals surface area contributed by atoms with Crippen LogP contribution in [0.3, 0.4) is 0 Å². The van der Waals surface area contributed by atoms with E-state index in [1.165, 1.54) is 30.0 Å². The molecule has 2 aromatic carbocycles. The first-order valence-corrected chi connectivity index (χ1v) is 15.2. The van der Waals surface area contributed by atoms with E-state index in [1.807, 2.05) is 46.1 Å². The molecule has 3 N–H and O–H groups in total. The van der Waals surface area contributed by atoms with E-state index in [-0.39, 0.29) is 23.5 Å². The summed E-state index contributed by atoms with van der Waals surface area (Å²) in [5.41, 5.74) is 0.971. The average Bonchev–Trinajstić information content (AvgIpc) is 3.01. The highest BCUT2D eigenvalue weighted by Gasteiger charge is 2.21. The van der Waals surface area contributed by atoms with Gasteiger partial charge in [0.2, 0.25) is 5.95 Å². The van der Waals surface area contributed by atoms with E-state index < -0.39 is 22.9 Å². The molecule has 230 valence electrons. The van der Waals surface area contributed by atoms with Crippen molar-refractivity contribution in [3.05, 3.63) is 93.1 Å². The molecule has 3 heterocycles. The standard InChI is InChI=1S/C30H29F2N7O2S.C2H6/c1-17(2)33-13-14-34-29-36-25(21-16-19(9-8-18(21)3)28(41)38-30-35-12-5-15-42-30)20-10-11-24(40)39(27(20)37-29)26-22(31)6-4-7-23(26)32;1-2/h4-11,15-17,33H,12-14H2,1-3H3,(H,34,36,37)(H,35,38,41);1-2H3. The van der Waals surface area contributed by atoms with Crippen molar-refractivity contribution >= 4 is 39.8 Å². The van der Waals surface area contributed by atoms with Gasteiger partial charge in [0, 0.05) is 41.7 Å². The Morgan fingerprint density at radius 2 is 1.80 bits per heavy atom. The number of amides is 1. The molecule has 0 unspecified atom stereocenters. The molecular formula is C32H35F2N7O2S. The zero-order valence-corrected chi connectivity index (χ0v) is 26.1.